The number of piperidine rings is 1. The van der Waals surface area contributed by atoms with Gasteiger partial charge in [0.15, 0.2) is 5.82 Å². The maximum absolute atomic E-state index is 15.9. The molecule has 2 aliphatic carbocycles. The quantitative estimate of drug-likeness (QED) is 0.194. The molecule has 2 fully saturated rings. The Kier molecular flexibility index (Phi) is 8.81. The first-order valence-electron chi connectivity index (χ1n) is 15.9. The summed E-state index contributed by atoms with van der Waals surface area (Å²) in [5.41, 5.74) is 0.869. The van der Waals surface area contributed by atoms with E-state index >= 15 is 8.78 Å². The SMILES string of the molecule is COC1CCCC1N1CCC(Nc2ncc3cc(-c4c(F)ccc(NS(=O)(=O)c5cc(Cl)cc6c5CC[C@H]6O)c4F)ccc3n2)CC1. The van der Waals surface area contributed by atoms with Crippen LogP contribution in [-0.2, 0) is 21.2 Å². The molecule has 1 saturated carbocycles. The van der Waals surface area contributed by atoms with Gasteiger partial charge in [-0.15, -0.1) is 0 Å². The number of methoxy groups -OCH3 is 1. The standard InChI is InChI=1S/C34H36ClF2N5O4S/c1-46-30-4-2-3-28(30)42-13-11-22(12-14-42)39-34-38-18-20-15-19(5-8-26(20)40-34)32-25(36)7-9-27(33(32)37)41-47(44,45)31-17-21(35)16-24-23(31)6-10-29(24)43/h5,7-9,15-18,22,28-30,41,43H,2-4,6,10-14H2,1H3,(H,38,39,40)/t28?,29-,30?/m1/s1. The van der Waals surface area contributed by atoms with Crippen LogP contribution in [0, 0.1) is 11.6 Å². The van der Waals surface area contributed by atoms with Gasteiger partial charge in [0.25, 0.3) is 10.0 Å². The van der Waals surface area contributed by atoms with Crippen molar-refractivity contribution in [1.82, 2.24) is 14.9 Å². The molecule has 47 heavy (non-hydrogen) atoms. The highest BCUT2D eigenvalue weighted by molar-refractivity contribution is 7.92. The largest absolute Gasteiger partial charge is 0.388 e. The van der Waals surface area contributed by atoms with Gasteiger partial charge in [-0.1, -0.05) is 17.7 Å². The van der Waals surface area contributed by atoms with Crippen LogP contribution >= 0.6 is 11.6 Å². The van der Waals surface area contributed by atoms with Gasteiger partial charge in [0.2, 0.25) is 5.95 Å². The number of anilines is 2. The molecule has 4 aromatic rings. The lowest BCUT2D eigenvalue weighted by atomic mass is 10.0. The van der Waals surface area contributed by atoms with E-state index in [1.807, 2.05) is 0 Å². The maximum atomic E-state index is 15.9. The topological polar surface area (TPSA) is 117 Å². The zero-order valence-electron chi connectivity index (χ0n) is 25.8. The van der Waals surface area contributed by atoms with E-state index in [-0.39, 0.29) is 27.1 Å². The van der Waals surface area contributed by atoms with Crippen LogP contribution in [0.1, 0.15) is 55.8 Å². The molecule has 3 atom stereocenters. The van der Waals surface area contributed by atoms with Crippen molar-refractivity contribution in [2.24, 2.45) is 0 Å². The lowest BCUT2D eigenvalue weighted by molar-refractivity contribution is 0.0240. The summed E-state index contributed by atoms with van der Waals surface area (Å²) < 4.78 is 65.8. The minimum Gasteiger partial charge on any atom is -0.388 e. The molecule has 248 valence electrons. The average molecular weight is 684 g/mol. The highest BCUT2D eigenvalue weighted by atomic mass is 35.5. The van der Waals surface area contributed by atoms with Crippen LogP contribution in [0.25, 0.3) is 22.0 Å². The fourth-order valence-electron chi connectivity index (χ4n) is 7.38. The highest BCUT2D eigenvalue weighted by Crippen LogP contribution is 2.39. The van der Waals surface area contributed by atoms with E-state index in [0.717, 1.165) is 44.5 Å². The molecule has 3 aliphatic rings. The zero-order valence-corrected chi connectivity index (χ0v) is 27.4. The maximum Gasteiger partial charge on any atom is 0.262 e. The number of nitrogens with zero attached hydrogens (tertiary/aromatic N) is 3. The Hall–Kier alpha value is -3.42. The van der Waals surface area contributed by atoms with E-state index in [1.54, 1.807) is 31.5 Å². The number of rotatable bonds is 8. The second kappa shape index (κ2) is 12.9. The molecule has 3 N–H and O–H groups in total. The van der Waals surface area contributed by atoms with E-state index in [9.17, 15) is 13.5 Å². The number of nitrogens with one attached hydrogen (secondary N) is 2. The molecule has 7 rings (SSSR count). The Balaban J connectivity index is 1.08. The lowest BCUT2D eigenvalue weighted by Gasteiger charge is -2.38. The summed E-state index contributed by atoms with van der Waals surface area (Å²) in [7, 11) is -2.53. The summed E-state index contributed by atoms with van der Waals surface area (Å²) in [5, 5.41) is 14.4. The van der Waals surface area contributed by atoms with Crippen LogP contribution in [0.5, 0.6) is 0 Å². The molecule has 2 unspecified atom stereocenters. The number of halogens is 3. The molecular formula is C34H36ClF2N5O4S. The Labute approximate surface area is 277 Å². The molecule has 2 heterocycles. The number of aromatic nitrogens is 2. The summed E-state index contributed by atoms with van der Waals surface area (Å²) >= 11 is 6.16. The van der Waals surface area contributed by atoms with Crippen molar-refractivity contribution in [3.05, 3.63) is 76.4 Å². The third kappa shape index (κ3) is 6.29. The summed E-state index contributed by atoms with van der Waals surface area (Å²) in [4.78, 5) is 11.5. The number of aliphatic hydroxyl groups is 1. The Morgan fingerprint density at radius 2 is 1.85 bits per heavy atom. The van der Waals surface area contributed by atoms with E-state index in [4.69, 9.17) is 16.3 Å². The Morgan fingerprint density at radius 3 is 2.64 bits per heavy atom. The van der Waals surface area contributed by atoms with Crippen LogP contribution in [0.15, 0.2) is 53.6 Å². The molecule has 1 aromatic heterocycles. The van der Waals surface area contributed by atoms with Crippen molar-refractivity contribution in [2.75, 3.05) is 30.2 Å². The molecule has 0 bridgehead atoms. The number of hydrogen-bond acceptors (Lipinski definition) is 8. The van der Waals surface area contributed by atoms with Gasteiger partial charge in [-0.25, -0.2) is 27.2 Å². The molecule has 13 heteroatoms. The molecule has 3 aromatic carbocycles. The second-order valence-electron chi connectivity index (χ2n) is 12.6. The molecule has 9 nitrogen and oxygen atoms in total. The fraction of sp³-hybridized carbons (Fsp3) is 0.412. The predicted molar refractivity (Wildman–Crippen MR) is 177 cm³/mol. The average Bonchev–Trinajstić information content (AvgIpc) is 3.69. The van der Waals surface area contributed by atoms with Gasteiger partial charge < -0.3 is 15.2 Å². The predicted octanol–water partition coefficient (Wildman–Crippen LogP) is 6.45. The van der Waals surface area contributed by atoms with Crippen LogP contribution < -0.4 is 10.0 Å². The monoisotopic (exact) mass is 683 g/mol. The van der Waals surface area contributed by atoms with Gasteiger partial charge in [-0.05, 0) is 98.0 Å². The van der Waals surface area contributed by atoms with Crippen molar-refractivity contribution in [3.63, 3.8) is 0 Å². The normalized spacial score (nSPS) is 22.1. The van der Waals surface area contributed by atoms with Gasteiger partial charge in [-0.3, -0.25) is 9.62 Å². The minimum atomic E-state index is -4.33. The number of aliphatic hydroxyl groups excluding tert-OH is 1. The molecule has 1 saturated heterocycles. The van der Waals surface area contributed by atoms with Gasteiger partial charge >= 0.3 is 0 Å². The number of benzene rings is 3. The third-order valence-corrected chi connectivity index (χ3v) is 11.4. The number of fused-ring (bicyclic) bond motifs is 2. The number of likely N-dealkylation sites (tertiary alicyclic amines) is 1. The first-order chi connectivity index (χ1) is 22.6. The number of sulfonamides is 1. The molecule has 0 radical (unpaired) electrons. The van der Waals surface area contributed by atoms with E-state index < -0.39 is 33.4 Å². The fourth-order valence-corrected chi connectivity index (χ4v) is 9.06. The van der Waals surface area contributed by atoms with Crippen LogP contribution in [0.2, 0.25) is 5.02 Å². The van der Waals surface area contributed by atoms with Crippen molar-refractivity contribution < 1.29 is 27.0 Å². The molecule has 0 amide bonds. The van der Waals surface area contributed by atoms with Crippen LogP contribution in [0.4, 0.5) is 20.4 Å². The van der Waals surface area contributed by atoms with Crippen molar-refractivity contribution in [3.8, 4) is 11.1 Å². The minimum absolute atomic E-state index is 0.132. The molecule has 1 aliphatic heterocycles. The van der Waals surface area contributed by atoms with Crippen molar-refractivity contribution in [2.45, 2.75) is 74.1 Å². The Bertz CT molecular complexity index is 1940. The van der Waals surface area contributed by atoms with Crippen LogP contribution in [0.3, 0.4) is 0 Å². The molecular weight excluding hydrogens is 648 g/mol. The lowest BCUT2D eigenvalue weighted by Crippen LogP contribution is -2.47. The Morgan fingerprint density at radius 1 is 1.04 bits per heavy atom. The van der Waals surface area contributed by atoms with Crippen LogP contribution in [-0.4, -0.2) is 66.8 Å². The second-order valence-corrected chi connectivity index (χ2v) is 14.7. The van der Waals surface area contributed by atoms with Gasteiger partial charge in [0.05, 0.1) is 33.9 Å². The van der Waals surface area contributed by atoms with Gasteiger partial charge in [0.1, 0.15) is 5.82 Å². The zero-order chi connectivity index (χ0) is 32.9. The number of ether oxygens (including phenoxy) is 1. The van der Waals surface area contributed by atoms with Crippen molar-refractivity contribution in [1.29, 1.82) is 0 Å². The summed E-state index contributed by atoms with van der Waals surface area (Å²) in [5.74, 6) is -1.42. The summed E-state index contributed by atoms with van der Waals surface area (Å²) in [6.45, 7) is 1.96. The summed E-state index contributed by atoms with van der Waals surface area (Å²) in [6.07, 6.45) is 7.20. The third-order valence-electron chi connectivity index (χ3n) is 9.78. The number of hydrogen-bond donors (Lipinski definition) is 3. The first kappa shape index (κ1) is 32.1. The van der Waals surface area contributed by atoms with Gasteiger partial charge in [0, 0.05) is 48.9 Å². The summed E-state index contributed by atoms with van der Waals surface area (Å²) in [6, 6.07) is 10.4. The van der Waals surface area contributed by atoms with Gasteiger partial charge in [-0.2, -0.15) is 0 Å². The van der Waals surface area contributed by atoms with E-state index in [2.05, 4.69) is 24.9 Å². The first-order valence-corrected chi connectivity index (χ1v) is 17.8. The molecule has 0 spiro atoms. The van der Waals surface area contributed by atoms with E-state index in [0.29, 0.717) is 53.0 Å². The van der Waals surface area contributed by atoms with Crippen molar-refractivity contribution >= 4 is 44.2 Å². The highest BCUT2D eigenvalue weighted by Gasteiger charge is 2.34. The van der Waals surface area contributed by atoms with E-state index in [1.165, 1.54) is 25.0 Å². The smallest absolute Gasteiger partial charge is 0.262 e.